The Hall–Kier alpha value is -0.910. The monoisotopic (exact) mass is 310 g/mol. The number of nitrogens with one attached hydrogen (secondary N) is 2. The molecule has 1 aliphatic carbocycles. The van der Waals surface area contributed by atoms with Crippen LogP contribution in [0.5, 0.6) is 0 Å². The van der Waals surface area contributed by atoms with Gasteiger partial charge < -0.3 is 5.32 Å². The zero-order chi connectivity index (χ0) is 15.5. The molecule has 118 valence electrons. The Morgan fingerprint density at radius 1 is 1.24 bits per heavy atom. The summed E-state index contributed by atoms with van der Waals surface area (Å²) in [5.74, 6) is 0. The van der Waals surface area contributed by atoms with Gasteiger partial charge in [0.1, 0.15) is 0 Å². The van der Waals surface area contributed by atoms with Gasteiger partial charge in [-0.2, -0.15) is 0 Å². The van der Waals surface area contributed by atoms with Gasteiger partial charge in [-0.05, 0) is 55.5 Å². The SMILES string of the molecule is CCNCCCc1ccc(S(=O)(=O)NC2CC2(C)C)cc1. The fourth-order valence-corrected chi connectivity index (χ4v) is 3.76. The minimum Gasteiger partial charge on any atom is -0.317 e. The van der Waals surface area contributed by atoms with E-state index in [1.165, 1.54) is 5.56 Å². The molecule has 0 radical (unpaired) electrons. The van der Waals surface area contributed by atoms with E-state index < -0.39 is 10.0 Å². The van der Waals surface area contributed by atoms with Crippen molar-refractivity contribution >= 4 is 10.0 Å². The molecule has 1 aliphatic rings. The second kappa shape index (κ2) is 6.46. The van der Waals surface area contributed by atoms with Crippen molar-refractivity contribution < 1.29 is 8.42 Å². The molecule has 0 aromatic heterocycles. The summed E-state index contributed by atoms with van der Waals surface area (Å²) < 4.78 is 27.3. The second-order valence-electron chi connectivity index (χ2n) is 6.47. The molecule has 0 saturated heterocycles. The summed E-state index contributed by atoms with van der Waals surface area (Å²) in [4.78, 5) is 0.362. The molecule has 1 aromatic carbocycles. The molecule has 1 unspecified atom stereocenters. The van der Waals surface area contributed by atoms with Crippen LogP contribution in [0, 0.1) is 5.41 Å². The van der Waals surface area contributed by atoms with Crippen LogP contribution in [0.15, 0.2) is 29.2 Å². The second-order valence-corrected chi connectivity index (χ2v) is 8.18. The highest BCUT2D eigenvalue weighted by Gasteiger charge is 2.47. The first kappa shape index (κ1) is 16.5. The first-order chi connectivity index (χ1) is 9.85. The summed E-state index contributed by atoms with van der Waals surface area (Å²) in [7, 11) is -3.38. The number of sulfonamides is 1. The molecule has 2 rings (SSSR count). The van der Waals surface area contributed by atoms with E-state index in [0.29, 0.717) is 4.90 Å². The molecule has 1 saturated carbocycles. The Balaban J connectivity index is 1.92. The summed E-state index contributed by atoms with van der Waals surface area (Å²) in [6.07, 6.45) is 2.94. The molecule has 1 fully saturated rings. The standard InChI is InChI=1S/C16H26N2O2S/c1-4-17-11-5-6-13-7-9-14(10-8-13)21(19,20)18-15-12-16(15,2)3/h7-10,15,17-18H,4-6,11-12H2,1-3H3. The molecule has 0 amide bonds. The highest BCUT2D eigenvalue weighted by atomic mass is 32.2. The minimum absolute atomic E-state index is 0.0716. The van der Waals surface area contributed by atoms with Gasteiger partial charge in [-0.1, -0.05) is 32.9 Å². The van der Waals surface area contributed by atoms with Crippen molar-refractivity contribution in [3.63, 3.8) is 0 Å². The van der Waals surface area contributed by atoms with Gasteiger partial charge in [-0.25, -0.2) is 13.1 Å². The summed E-state index contributed by atoms with van der Waals surface area (Å²) in [5, 5.41) is 3.28. The summed E-state index contributed by atoms with van der Waals surface area (Å²) in [5.41, 5.74) is 1.28. The Morgan fingerprint density at radius 3 is 2.38 bits per heavy atom. The molecule has 1 atom stereocenters. The van der Waals surface area contributed by atoms with Gasteiger partial charge in [0.15, 0.2) is 0 Å². The molecule has 21 heavy (non-hydrogen) atoms. The molecular weight excluding hydrogens is 284 g/mol. The number of hydrogen-bond acceptors (Lipinski definition) is 3. The molecule has 0 aliphatic heterocycles. The fourth-order valence-electron chi connectivity index (χ4n) is 2.35. The Bertz CT molecular complexity index is 564. The first-order valence-electron chi connectivity index (χ1n) is 7.67. The highest BCUT2D eigenvalue weighted by Crippen LogP contribution is 2.45. The van der Waals surface area contributed by atoms with Crippen LogP contribution in [0.2, 0.25) is 0 Å². The molecule has 5 heteroatoms. The van der Waals surface area contributed by atoms with Gasteiger partial charge in [-0.3, -0.25) is 0 Å². The molecule has 0 heterocycles. The maximum Gasteiger partial charge on any atom is 0.240 e. The van der Waals surface area contributed by atoms with Gasteiger partial charge in [0.05, 0.1) is 4.90 Å². The van der Waals surface area contributed by atoms with Crippen molar-refractivity contribution in [2.45, 2.75) is 51.0 Å². The zero-order valence-electron chi connectivity index (χ0n) is 13.1. The topological polar surface area (TPSA) is 58.2 Å². The maximum absolute atomic E-state index is 12.3. The van der Waals surface area contributed by atoms with Crippen LogP contribution in [0.3, 0.4) is 0 Å². The summed E-state index contributed by atoms with van der Waals surface area (Å²) >= 11 is 0. The van der Waals surface area contributed by atoms with E-state index in [4.69, 9.17) is 0 Å². The molecular formula is C16H26N2O2S. The van der Waals surface area contributed by atoms with Crippen LogP contribution < -0.4 is 10.0 Å². The van der Waals surface area contributed by atoms with Crippen molar-refractivity contribution in [3.8, 4) is 0 Å². The third kappa shape index (κ3) is 4.53. The lowest BCUT2D eigenvalue weighted by Gasteiger charge is -2.09. The van der Waals surface area contributed by atoms with Crippen molar-refractivity contribution in [1.82, 2.24) is 10.0 Å². The predicted molar refractivity (Wildman–Crippen MR) is 85.8 cm³/mol. The van der Waals surface area contributed by atoms with Crippen molar-refractivity contribution in [1.29, 1.82) is 0 Å². The van der Waals surface area contributed by atoms with Gasteiger partial charge in [0, 0.05) is 6.04 Å². The van der Waals surface area contributed by atoms with E-state index in [1.54, 1.807) is 12.1 Å². The number of rotatable bonds is 8. The summed E-state index contributed by atoms with van der Waals surface area (Å²) in [6.45, 7) is 8.23. The fraction of sp³-hybridized carbons (Fsp3) is 0.625. The van der Waals surface area contributed by atoms with Crippen LogP contribution in [-0.2, 0) is 16.4 Å². The maximum atomic E-state index is 12.3. The van der Waals surface area contributed by atoms with Crippen molar-refractivity contribution in [2.75, 3.05) is 13.1 Å². The quantitative estimate of drug-likeness (QED) is 0.724. The summed E-state index contributed by atoms with van der Waals surface area (Å²) in [6, 6.07) is 7.32. The van der Waals surface area contributed by atoms with Crippen LogP contribution in [0.4, 0.5) is 0 Å². The third-order valence-corrected chi connectivity index (χ3v) is 5.60. The number of hydrogen-bond donors (Lipinski definition) is 2. The van der Waals surface area contributed by atoms with Crippen LogP contribution in [-0.4, -0.2) is 27.5 Å². The first-order valence-corrected chi connectivity index (χ1v) is 9.15. The van der Waals surface area contributed by atoms with E-state index in [2.05, 4.69) is 30.8 Å². The smallest absolute Gasteiger partial charge is 0.240 e. The number of benzene rings is 1. The van der Waals surface area contributed by atoms with Gasteiger partial charge in [0.25, 0.3) is 0 Å². The zero-order valence-corrected chi connectivity index (χ0v) is 14.0. The van der Waals surface area contributed by atoms with Gasteiger partial charge >= 0.3 is 0 Å². The van der Waals surface area contributed by atoms with Gasteiger partial charge in [0.2, 0.25) is 10.0 Å². The normalized spacial score (nSPS) is 20.4. The van der Waals surface area contributed by atoms with Crippen LogP contribution in [0.1, 0.15) is 39.2 Å². The Morgan fingerprint density at radius 2 is 1.86 bits per heavy atom. The van der Waals surface area contributed by atoms with E-state index in [9.17, 15) is 8.42 Å². The lowest BCUT2D eigenvalue weighted by atomic mass is 10.1. The van der Waals surface area contributed by atoms with Crippen LogP contribution in [0.25, 0.3) is 0 Å². The van der Waals surface area contributed by atoms with E-state index in [0.717, 1.165) is 32.4 Å². The average Bonchev–Trinajstić information content (AvgIpc) is 3.01. The lowest BCUT2D eigenvalue weighted by molar-refractivity contribution is 0.555. The van der Waals surface area contributed by atoms with E-state index in [1.807, 2.05) is 12.1 Å². The van der Waals surface area contributed by atoms with Gasteiger partial charge in [-0.15, -0.1) is 0 Å². The minimum atomic E-state index is -3.38. The third-order valence-electron chi connectivity index (χ3n) is 4.11. The largest absolute Gasteiger partial charge is 0.317 e. The van der Waals surface area contributed by atoms with E-state index >= 15 is 0 Å². The molecule has 4 nitrogen and oxygen atoms in total. The molecule has 2 N–H and O–H groups in total. The molecule has 1 aromatic rings. The molecule has 0 spiro atoms. The van der Waals surface area contributed by atoms with Crippen LogP contribution >= 0.6 is 0 Å². The van der Waals surface area contributed by atoms with Crippen molar-refractivity contribution in [2.24, 2.45) is 5.41 Å². The van der Waals surface area contributed by atoms with E-state index in [-0.39, 0.29) is 11.5 Å². The Labute approximate surface area is 128 Å². The average molecular weight is 310 g/mol. The predicted octanol–water partition coefficient (Wildman–Crippen LogP) is 2.31. The lowest BCUT2D eigenvalue weighted by Crippen LogP contribution is -2.28. The Kier molecular flexibility index (Phi) is 5.07. The highest BCUT2D eigenvalue weighted by molar-refractivity contribution is 7.89. The molecule has 0 bridgehead atoms. The van der Waals surface area contributed by atoms with Crippen molar-refractivity contribution in [3.05, 3.63) is 29.8 Å². The number of aryl methyl sites for hydroxylation is 1.